The lowest BCUT2D eigenvalue weighted by Crippen LogP contribution is -2.18. The Morgan fingerprint density at radius 1 is 1.23 bits per heavy atom. The van der Waals surface area contributed by atoms with Crippen molar-refractivity contribution >= 4 is 0 Å². The molecule has 5 nitrogen and oxygen atoms in total. The largest absolute Gasteiger partial charge is 0.493 e. The number of rotatable bonds is 6. The Kier molecular flexibility index (Phi) is 5.08. The maximum absolute atomic E-state index is 8.76. The molecule has 0 saturated carbocycles. The van der Waals surface area contributed by atoms with E-state index in [1.165, 1.54) is 0 Å². The lowest BCUT2D eigenvalue weighted by Gasteiger charge is -2.18. The van der Waals surface area contributed by atoms with Crippen molar-refractivity contribution in [2.45, 2.75) is 26.4 Å². The fraction of sp³-hybridized carbons (Fsp3) is 0.353. The van der Waals surface area contributed by atoms with Crippen molar-refractivity contribution < 1.29 is 13.9 Å². The maximum atomic E-state index is 8.76. The molecule has 116 valence electrons. The van der Waals surface area contributed by atoms with Gasteiger partial charge in [0.05, 0.1) is 20.8 Å². The molecule has 0 spiro atoms. The summed E-state index contributed by atoms with van der Waals surface area (Å²) < 4.78 is 16.0. The predicted octanol–water partition coefficient (Wildman–Crippen LogP) is 3.33. The minimum atomic E-state index is 0.107. The third-order valence-electron chi connectivity index (χ3n) is 3.59. The number of hydrogen-bond donors (Lipinski definition) is 1. The molecule has 0 bridgehead atoms. The number of ether oxygens (including phenoxy) is 2. The van der Waals surface area contributed by atoms with Gasteiger partial charge >= 0.3 is 0 Å². The Bertz CT molecular complexity index is 686. The number of furan rings is 1. The molecule has 1 unspecified atom stereocenters. The van der Waals surface area contributed by atoms with Gasteiger partial charge in [0, 0.05) is 6.04 Å². The molecule has 1 heterocycles. The molecule has 2 aromatic rings. The first-order valence-electron chi connectivity index (χ1n) is 7.03. The molecule has 0 saturated heterocycles. The van der Waals surface area contributed by atoms with Gasteiger partial charge < -0.3 is 19.2 Å². The van der Waals surface area contributed by atoms with Crippen LogP contribution in [-0.2, 0) is 6.54 Å². The van der Waals surface area contributed by atoms with Crippen LogP contribution in [0.3, 0.4) is 0 Å². The summed E-state index contributed by atoms with van der Waals surface area (Å²) in [6.45, 7) is 4.66. The Balaban J connectivity index is 2.12. The zero-order valence-electron chi connectivity index (χ0n) is 13.3. The smallest absolute Gasteiger partial charge is 0.203 e. The van der Waals surface area contributed by atoms with Crippen LogP contribution in [0.5, 0.6) is 11.5 Å². The van der Waals surface area contributed by atoms with Gasteiger partial charge in [-0.25, -0.2) is 0 Å². The number of nitrogens with zero attached hydrogens (tertiary/aromatic N) is 1. The highest BCUT2D eigenvalue weighted by Crippen LogP contribution is 2.32. The van der Waals surface area contributed by atoms with Crippen molar-refractivity contribution in [3.8, 4) is 17.6 Å². The quantitative estimate of drug-likeness (QED) is 0.886. The molecule has 0 aliphatic heterocycles. The van der Waals surface area contributed by atoms with Gasteiger partial charge in [0.2, 0.25) is 5.76 Å². The molecule has 5 heteroatoms. The van der Waals surface area contributed by atoms with Gasteiger partial charge in [0.15, 0.2) is 11.5 Å². The molecule has 1 atom stereocenters. The van der Waals surface area contributed by atoms with Crippen LogP contribution < -0.4 is 14.8 Å². The van der Waals surface area contributed by atoms with Crippen molar-refractivity contribution in [3.63, 3.8) is 0 Å². The maximum Gasteiger partial charge on any atom is 0.203 e. The molecular weight excluding hydrogens is 280 g/mol. The highest BCUT2D eigenvalue weighted by molar-refractivity contribution is 5.48. The molecular formula is C17H20N2O3. The summed E-state index contributed by atoms with van der Waals surface area (Å²) in [6.07, 6.45) is 0. The van der Waals surface area contributed by atoms with Crippen molar-refractivity contribution in [2.24, 2.45) is 0 Å². The van der Waals surface area contributed by atoms with E-state index in [2.05, 4.69) is 12.2 Å². The van der Waals surface area contributed by atoms with Gasteiger partial charge in [-0.15, -0.1) is 0 Å². The second-order valence-electron chi connectivity index (χ2n) is 5.04. The van der Waals surface area contributed by atoms with Crippen LogP contribution in [0.25, 0.3) is 0 Å². The second-order valence-corrected chi connectivity index (χ2v) is 5.04. The molecule has 0 amide bonds. The summed E-state index contributed by atoms with van der Waals surface area (Å²) >= 11 is 0. The molecule has 0 radical (unpaired) electrons. The van der Waals surface area contributed by atoms with E-state index >= 15 is 0 Å². The van der Waals surface area contributed by atoms with Crippen LogP contribution >= 0.6 is 0 Å². The Labute approximate surface area is 130 Å². The number of nitriles is 1. The zero-order chi connectivity index (χ0) is 16.1. The van der Waals surface area contributed by atoms with Gasteiger partial charge in [-0.05, 0) is 49.2 Å². The Hall–Kier alpha value is -2.45. The normalized spacial score (nSPS) is 11.8. The summed E-state index contributed by atoms with van der Waals surface area (Å²) in [5.41, 5.74) is 2.25. The average Bonchev–Trinajstić information content (AvgIpc) is 3.00. The highest BCUT2D eigenvalue weighted by Gasteiger charge is 2.14. The lowest BCUT2D eigenvalue weighted by atomic mass is 10.0. The molecule has 0 aliphatic rings. The lowest BCUT2D eigenvalue weighted by molar-refractivity contribution is 0.353. The second kappa shape index (κ2) is 7.01. The monoisotopic (exact) mass is 300 g/mol. The molecule has 22 heavy (non-hydrogen) atoms. The van der Waals surface area contributed by atoms with Gasteiger partial charge in [0.1, 0.15) is 11.8 Å². The fourth-order valence-electron chi connectivity index (χ4n) is 2.36. The molecule has 1 aromatic heterocycles. The summed E-state index contributed by atoms with van der Waals surface area (Å²) in [6, 6.07) is 9.51. The van der Waals surface area contributed by atoms with Gasteiger partial charge in [0.25, 0.3) is 0 Å². The van der Waals surface area contributed by atoms with Crippen LogP contribution in [0.4, 0.5) is 0 Å². The third-order valence-corrected chi connectivity index (χ3v) is 3.59. The van der Waals surface area contributed by atoms with Crippen LogP contribution in [0.15, 0.2) is 28.7 Å². The zero-order valence-corrected chi connectivity index (χ0v) is 13.3. The van der Waals surface area contributed by atoms with E-state index in [9.17, 15) is 0 Å². The summed E-state index contributed by atoms with van der Waals surface area (Å²) in [7, 11) is 3.25. The number of hydrogen-bond acceptors (Lipinski definition) is 5. The SMILES string of the molecule is COc1cc(C)c(C(C)NCc2ccc(C#N)o2)cc1OC. The Morgan fingerprint density at radius 3 is 2.50 bits per heavy atom. The van der Waals surface area contributed by atoms with Crippen LogP contribution in [0.2, 0.25) is 0 Å². The van der Waals surface area contributed by atoms with Crippen LogP contribution in [0.1, 0.15) is 35.6 Å². The molecule has 1 N–H and O–H groups in total. The summed E-state index contributed by atoms with van der Waals surface area (Å²) in [5, 5.41) is 12.1. The fourth-order valence-corrected chi connectivity index (χ4v) is 2.36. The number of methoxy groups -OCH3 is 2. The van der Waals surface area contributed by atoms with E-state index in [1.54, 1.807) is 26.4 Å². The van der Waals surface area contributed by atoms with E-state index in [-0.39, 0.29) is 6.04 Å². The molecule has 1 aromatic carbocycles. The van der Waals surface area contributed by atoms with Crippen molar-refractivity contribution in [1.29, 1.82) is 5.26 Å². The van der Waals surface area contributed by atoms with Crippen molar-refractivity contribution in [2.75, 3.05) is 14.2 Å². The number of nitrogens with one attached hydrogen (secondary N) is 1. The van der Waals surface area contributed by atoms with Crippen LogP contribution in [0, 0.1) is 18.3 Å². The van der Waals surface area contributed by atoms with Gasteiger partial charge in [-0.2, -0.15) is 5.26 Å². The summed E-state index contributed by atoms with van der Waals surface area (Å²) in [5.74, 6) is 2.50. The van der Waals surface area contributed by atoms with E-state index < -0.39 is 0 Å². The van der Waals surface area contributed by atoms with E-state index in [1.807, 2.05) is 25.1 Å². The average molecular weight is 300 g/mol. The Morgan fingerprint density at radius 2 is 1.91 bits per heavy atom. The standard InChI is InChI=1S/C17H20N2O3/c1-11-7-16(20-3)17(21-4)8-15(11)12(2)19-10-14-6-5-13(9-18)22-14/h5-8,12,19H,10H2,1-4H3. The van der Waals surface area contributed by atoms with E-state index in [0.717, 1.165) is 22.6 Å². The van der Waals surface area contributed by atoms with Gasteiger partial charge in [-0.3, -0.25) is 0 Å². The third kappa shape index (κ3) is 3.41. The summed E-state index contributed by atoms with van der Waals surface area (Å²) in [4.78, 5) is 0. The van der Waals surface area contributed by atoms with Gasteiger partial charge in [-0.1, -0.05) is 0 Å². The first kappa shape index (κ1) is 15.9. The topological polar surface area (TPSA) is 67.4 Å². The van der Waals surface area contributed by atoms with Crippen LogP contribution in [-0.4, -0.2) is 14.2 Å². The predicted molar refractivity (Wildman–Crippen MR) is 83.0 cm³/mol. The molecule has 2 rings (SSSR count). The van der Waals surface area contributed by atoms with E-state index in [0.29, 0.717) is 18.1 Å². The first-order chi connectivity index (χ1) is 10.6. The first-order valence-corrected chi connectivity index (χ1v) is 7.03. The van der Waals surface area contributed by atoms with Crippen molar-refractivity contribution in [1.82, 2.24) is 5.32 Å². The minimum Gasteiger partial charge on any atom is -0.493 e. The highest BCUT2D eigenvalue weighted by atomic mass is 16.5. The molecule has 0 fully saturated rings. The number of benzene rings is 1. The van der Waals surface area contributed by atoms with Crippen molar-refractivity contribution in [3.05, 3.63) is 46.9 Å². The minimum absolute atomic E-state index is 0.107. The molecule has 0 aliphatic carbocycles. The number of aryl methyl sites for hydroxylation is 1. The van der Waals surface area contributed by atoms with E-state index in [4.69, 9.17) is 19.2 Å².